The van der Waals surface area contributed by atoms with Gasteiger partial charge in [-0.1, -0.05) is 37.9 Å². The Balaban J connectivity index is 2.39. The molecule has 0 spiro atoms. The molecule has 86 valence electrons. The molecule has 0 radical (unpaired) electrons. The van der Waals surface area contributed by atoms with E-state index < -0.39 is 0 Å². The van der Waals surface area contributed by atoms with Crippen molar-refractivity contribution in [1.29, 1.82) is 0 Å². The highest BCUT2D eigenvalue weighted by atomic mass is 79.9. The van der Waals surface area contributed by atoms with Gasteiger partial charge in [-0.05, 0) is 12.1 Å². The predicted octanol–water partition coefficient (Wildman–Crippen LogP) is 2.44. The van der Waals surface area contributed by atoms with Crippen molar-refractivity contribution < 1.29 is 9.90 Å². The van der Waals surface area contributed by atoms with Crippen molar-refractivity contribution in [3.63, 3.8) is 0 Å². The van der Waals surface area contributed by atoms with E-state index in [-0.39, 0.29) is 17.3 Å². The fraction of sp³-hybridized carbons (Fsp3) is 0.364. The lowest BCUT2D eigenvalue weighted by Crippen LogP contribution is -2.25. The molecule has 0 bridgehead atoms. The van der Waals surface area contributed by atoms with Crippen LogP contribution < -0.4 is 4.90 Å². The topological polar surface area (TPSA) is 40.5 Å². The van der Waals surface area contributed by atoms with E-state index in [1.54, 1.807) is 4.90 Å². The summed E-state index contributed by atoms with van der Waals surface area (Å²) in [5.41, 5.74) is 1.57. The van der Waals surface area contributed by atoms with Gasteiger partial charge >= 0.3 is 0 Å². The molecule has 0 aliphatic carbocycles. The van der Waals surface area contributed by atoms with Crippen LogP contribution in [0.2, 0.25) is 0 Å². The molecule has 2 rings (SSSR count). The second kappa shape index (κ2) is 4.85. The molecule has 1 fully saturated rings. The van der Waals surface area contributed by atoms with Crippen LogP contribution in [0.25, 0.3) is 0 Å². The maximum Gasteiger partial charge on any atom is 0.228 e. The summed E-state index contributed by atoms with van der Waals surface area (Å²) in [6, 6.07) is 5.56. The van der Waals surface area contributed by atoms with Gasteiger partial charge in [0.05, 0.1) is 12.3 Å². The first-order chi connectivity index (χ1) is 7.61. The molecular formula is C11H11Br2NO2. The number of alkyl halides is 1. The monoisotopic (exact) mass is 347 g/mol. The number of carbonyl (C=O) groups excluding carboxylic acids is 1. The molecule has 1 N–H and O–H groups in total. The van der Waals surface area contributed by atoms with E-state index in [0.29, 0.717) is 13.0 Å². The Hall–Kier alpha value is -0.390. The Morgan fingerprint density at radius 3 is 2.81 bits per heavy atom. The van der Waals surface area contributed by atoms with Crippen LogP contribution in [-0.2, 0) is 11.4 Å². The number of aliphatic hydroxyl groups excluding tert-OH is 1. The highest BCUT2D eigenvalue weighted by Crippen LogP contribution is 2.30. The first-order valence-electron chi connectivity index (χ1n) is 4.95. The summed E-state index contributed by atoms with van der Waals surface area (Å²) >= 11 is 6.82. The summed E-state index contributed by atoms with van der Waals surface area (Å²) in [5.74, 6) is 0.0923. The van der Waals surface area contributed by atoms with Crippen LogP contribution in [0.5, 0.6) is 0 Å². The second-order valence-corrected chi connectivity index (χ2v) is 5.95. The van der Waals surface area contributed by atoms with E-state index in [4.69, 9.17) is 0 Å². The highest BCUT2D eigenvalue weighted by molar-refractivity contribution is 9.10. The zero-order valence-electron chi connectivity index (χ0n) is 8.49. The molecule has 1 unspecified atom stereocenters. The van der Waals surface area contributed by atoms with Gasteiger partial charge in [-0.15, -0.1) is 0 Å². The van der Waals surface area contributed by atoms with Gasteiger partial charge in [0, 0.05) is 27.8 Å². The standard InChI is InChI=1S/C11H11Br2NO2/c12-8-2-1-7(6-15)10(3-8)14-5-9(13)4-11(14)16/h1-3,9,15H,4-6H2. The van der Waals surface area contributed by atoms with Gasteiger partial charge in [0.15, 0.2) is 0 Å². The van der Waals surface area contributed by atoms with E-state index in [2.05, 4.69) is 31.9 Å². The zero-order valence-corrected chi connectivity index (χ0v) is 11.7. The van der Waals surface area contributed by atoms with E-state index in [0.717, 1.165) is 15.7 Å². The zero-order chi connectivity index (χ0) is 11.7. The Labute approximate surface area is 111 Å². The lowest BCUT2D eigenvalue weighted by molar-refractivity contribution is -0.117. The van der Waals surface area contributed by atoms with Crippen molar-refractivity contribution in [3.8, 4) is 0 Å². The maximum absolute atomic E-state index is 11.8. The van der Waals surface area contributed by atoms with Gasteiger partial charge < -0.3 is 10.0 Å². The lowest BCUT2D eigenvalue weighted by atomic mass is 10.1. The number of carbonyl (C=O) groups is 1. The van der Waals surface area contributed by atoms with Crippen LogP contribution in [0, 0.1) is 0 Å². The number of halogens is 2. The van der Waals surface area contributed by atoms with Crippen molar-refractivity contribution in [2.75, 3.05) is 11.4 Å². The quantitative estimate of drug-likeness (QED) is 0.834. The molecule has 1 saturated heterocycles. The number of anilines is 1. The van der Waals surface area contributed by atoms with E-state index in [9.17, 15) is 9.90 Å². The summed E-state index contributed by atoms with van der Waals surface area (Å²) in [6.45, 7) is 0.599. The van der Waals surface area contributed by atoms with Gasteiger partial charge in [0.2, 0.25) is 5.91 Å². The molecule has 1 atom stereocenters. The minimum absolute atomic E-state index is 0.0562. The molecule has 1 aliphatic heterocycles. The molecule has 1 aromatic rings. The molecule has 1 heterocycles. The fourth-order valence-electron chi connectivity index (χ4n) is 1.82. The Bertz CT molecular complexity index is 422. The van der Waals surface area contributed by atoms with Crippen molar-refractivity contribution in [1.82, 2.24) is 0 Å². The number of amides is 1. The van der Waals surface area contributed by atoms with E-state index >= 15 is 0 Å². The van der Waals surface area contributed by atoms with Gasteiger partial charge in [0.1, 0.15) is 0 Å². The summed E-state index contributed by atoms with van der Waals surface area (Å²) in [6.07, 6.45) is 0.511. The molecular weight excluding hydrogens is 338 g/mol. The van der Waals surface area contributed by atoms with Crippen LogP contribution in [-0.4, -0.2) is 22.4 Å². The highest BCUT2D eigenvalue weighted by Gasteiger charge is 2.30. The number of aliphatic hydroxyl groups is 1. The Kier molecular flexibility index (Phi) is 3.66. The van der Waals surface area contributed by atoms with Gasteiger partial charge in [0.25, 0.3) is 0 Å². The first kappa shape index (κ1) is 12.1. The number of nitrogens with zero attached hydrogens (tertiary/aromatic N) is 1. The minimum Gasteiger partial charge on any atom is -0.392 e. The Morgan fingerprint density at radius 2 is 2.25 bits per heavy atom. The number of rotatable bonds is 2. The molecule has 1 aromatic carbocycles. The lowest BCUT2D eigenvalue weighted by Gasteiger charge is -2.19. The van der Waals surface area contributed by atoms with Crippen molar-refractivity contribution in [2.45, 2.75) is 17.9 Å². The summed E-state index contributed by atoms with van der Waals surface area (Å²) in [4.78, 5) is 13.7. The van der Waals surface area contributed by atoms with Crippen LogP contribution in [0.3, 0.4) is 0 Å². The van der Waals surface area contributed by atoms with E-state index in [1.807, 2.05) is 18.2 Å². The molecule has 1 aliphatic rings. The second-order valence-electron chi connectivity index (χ2n) is 3.74. The van der Waals surface area contributed by atoms with Crippen LogP contribution in [0.15, 0.2) is 22.7 Å². The average molecular weight is 349 g/mol. The fourth-order valence-corrected chi connectivity index (χ4v) is 2.73. The normalized spacial score (nSPS) is 20.6. The SMILES string of the molecule is O=C1CC(Br)CN1c1cc(Br)ccc1CO. The predicted molar refractivity (Wildman–Crippen MR) is 69.7 cm³/mol. The number of hydrogen-bond acceptors (Lipinski definition) is 2. The maximum atomic E-state index is 11.8. The van der Waals surface area contributed by atoms with Gasteiger partial charge in [-0.2, -0.15) is 0 Å². The third-order valence-electron chi connectivity index (χ3n) is 2.59. The van der Waals surface area contributed by atoms with Crippen molar-refractivity contribution >= 4 is 43.5 Å². The molecule has 1 amide bonds. The van der Waals surface area contributed by atoms with Crippen LogP contribution >= 0.6 is 31.9 Å². The Morgan fingerprint density at radius 1 is 1.50 bits per heavy atom. The summed E-state index contributed by atoms with van der Waals surface area (Å²) in [7, 11) is 0. The van der Waals surface area contributed by atoms with E-state index in [1.165, 1.54) is 0 Å². The molecule has 0 aromatic heterocycles. The van der Waals surface area contributed by atoms with Crippen LogP contribution in [0.4, 0.5) is 5.69 Å². The van der Waals surface area contributed by atoms with Crippen molar-refractivity contribution in [2.24, 2.45) is 0 Å². The average Bonchev–Trinajstić information content (AvgIpc) is 2.57. The smallest absolute Gasteiger partial charge is 0.228 e. The number of benzene rings is 1. The summed E-state index contributed by atoms with van der Waals surface area (Å²) in [5, 5.41) is 9.26. The molecule has 3 nitrogen and oxygen atoms in total. The first-order valence-corrected chi connectivity index (χ1v) is 6.66. The molecule has 0 saturated carbocycles. The van der Waals surface area contributed by atoms with Crippen molar-refractivity contribution in [3.05, 3.63) is 28.2 Å². The van der Waals surface area contributed by atoms with Crippen LogP contribution in [0.1, 0.15) is 12.0 Å². The number of hydrogen-bond donors (Lipinski definition) is 1. The van der Waals surface area contributed by atoms with Gasteiger partial charge in [-0.25, -0.2) is 0 Å². The molecule has 5 heteroatoms. The largest absolute Gasteiger partial charge is 0.392 e. The third-order valence-corrected chi connectivity index (χ3v) is 3.69. The third kappa shape index (κ3) is 2.31. The minimum atomic E-state index is -0.0562. The molecule has 16 heavy (non-hydrogen) atoms. The summed E-state index contributed by atoms with van der Waals surface area (Å²) < 4.78 is 0.908. The van der Waals surface area contributed by atoms with Gasteiger partial charge in [-0.3, -0.25) is 4.79 Å².